The molecule has 0 rings (SSSR count). The van der Waals surface area contributed by atoms with Gasteiger partial charge in [-0.25, -0.2) is 0 Å². The number of aliphatic hydroxyl groups excluding tert-OH is 2. The summed E-state index contributed by atoms with van der Waals surface area (Å²) in [5, 5.41) is 21.7. The van der Waals surface area contributed by atoms with E-state index in [2.05, 4.69) is 5.32 Å². The van der Waals surface area contributed by atoms with Crippen molar-refractivity contribution in [1.82, 2.24) is 5.32 Å². The summed E-state index contributed by atoms with van der Waals surface area (Å²) in [6.07, 6.45) is -0.365. The van der Waals surface area contributed by atoms with E-state index in [1.807, 2.05) is 27.7 Å². The standard InChI is InChI=1S/C12H27NO4/c1-10(2)17-6-5-16-8-11(15)7-13-12(3,4)9-14/h10-11,13-15H,5-9H2,1-4H3. The smallest absolute Gasteiger partial charge is 0.0897 e. The predicted molar refractivity (Wildman–Crippen MR) is 67.1 cm³/mol. The van der Waals surface area contributed by atoms with E-state index < -0.39 is 6.10 Å². The Labute approximate surface area is 104 Å². The van der Waals surface area contributed by atoms with Gasteiger partial charge in [0.25, 0.3) is 0 Å². The Morgan fingerprint density at radius 2 is 1.88 bits per heavy atom. The first-order valence-electron chi connectivity index (χ1n) is 6.10. The van der Waals surface area contributed by atoms with Crippen molar-refractivity contribution in [3.05, 3.63) is 0 Å². The van der Waals surface area contributed by atoms with Crippen molar-refractivity contribution in [2.45, 2.75) is 45.4 Å². The molecule has 17 heavy (non-hydrogen) atoms. The van der Waals surface area contributed by atoms with Crippen LogP contribution in [0, 0.1) is 0 Å². The third kappa shape index (κ3) is 10.7. The van der Waals surface area contributed by atoms with Crippen molar-refractivity contribution in [3.8, 4) is 0 Å². The Bertz CT molecular complexity index is 185. The largest absolute Gasteiger partial charge is 0.394 e. The first-order chi connectivity index (χ1) is 7.87. The Morgan fingerprint density at radius 3 is 2.41 bits per heavy atom. The van der Waals surface area contributed by atoms with E-state index in [0.29, 0.717) is 19.8 Å². The van der Waals surface area contributed by atoms with Gasteiger partial charge in [0.2, 0.25) is 0 Å². The van der Waals surface area contributed by atoms with Crippen molar-refractivity contribution >= 4 is 0 Å². The summed E-state index contributed by atoms with van der Waals surface area (Å²) in [6.45, 7) is 9.41. The molecular weight excluding hydrogens is 222 g/mol. The topological polar surface area (TPSA) is 71.0 Å². The zero-order valence-electron chi connectivity index (χ0n) is 11.4. The van der Waals surface area contributed by atoms with Crippen LogP contribution < -0.4 is 5.32 Å². The fraction of sp³-hybridized carbons (Fsp3) is 1.00. The van der Waals surface area contributed by atoms with Gasteiger partial charge in [0.05, 0.1) is 38.6 Å². The van der Waals surface area contributed by atoms with Gasteiger partial charge in [-0.15, -0.1) is 0 Å². The van der Waals surface area contributed by atoms with Gasteiger partial charge in [-0.05, 0) is 27.7 Å². The van der Waals surface area contributed by atoms with Crippen molar-refractivity contribution in [1.29, 1.82) is 0 Å². The van der Waals surface area contributed by atoms with Gasteiger partial charge in [-0.1, -0.05) is 0 Å². The highest BCUT2D eigenvalue weighted by molar-refractivity contribution is 4.77. The summed E-state index contributed by atoms with van der Waals surface area (Å²) in [6, 6.07) is 0. The van der Waals surface area contributed by atoms with E-state index in [1.165, 1.54) is 0 Å². The Hall–Kier alpha value is -0.200. The van der Waals surface area contributed by atoms with E-state index in [4.69, 9.17) is 14.6 Å². The van der Waals surface area contributed by atoms with Crippen molar-refractivity contribution in [3.63, 3.8) is 0 Å². The molecule has 0 heterocycles. The number of hydrogen-bond acceptors (Lipinski definition) is 5. The molecule has 0 aliphatic heterocycles. The molecule has 3 N–H and O–H groups in total. The maximum atomic E-state index is 9.61. The van der Waals surface area contributed by atoms with Crippen molar-refractivity contribution in [2.24, 2.45) is 0 Å². The van der Waals surface area contributed by atoms with Crippen LogP contribution in [0.2, 0.25) is 0 Å². The molecule has 0 aromatic carbocycles. The zero-order chi connectivity index (χ0) is 13.3. The maximum Gasteiger partial charge on any atom is 0.0897 e. The molecule has 0 fully saturated rings. The van der Waals surface area contributed by atoms with Gasteiger partial charge < -0.3 is 25.0 Å². The minimum absolute atomic E-state index is 0.0306. The maximum absolute atomic E-state index is 9.61. The molecule has 0 aromatic heterocycles. The van der Waals surface area contributed by atoms with Crippen LogP contribution in [0.4, 0.5) is 0 Å². The van der Waals surface area contributed by atoms with Crippen LogP contribution in [0.3, 0.4) is 0 Å². The van der Waals surface area contributed by atoms with Crippen molar-refractivity contribution < 1.29 is 19.7 Å². The summed E-state index contributed by atoms with van der Waals surface area (Å²) < 4.78 is 10.6. The fourth-order valence-corrected chi connectivity index (χ4v) is 1.07. The summed E-state index contributed by atoms with van der Waals surface area (Å²) in [5.74, 6) is 0. The van der Waals surface area contributed by atoms with Gasteiger partial charge in [-0.3, -0.25) is 0 Å². The lowest BCUT2D eigenvalue weighted by molar-refractivity contribution is -0.0119. The molecule has 1 unspecified atom stereocenters. The molecular formula is C12H27NO4. The first-order valence-corrected chi connectivity index (χ1v) is 6.10. The Balaban J connectivity index is 3.44. The third-order valence-corrected chi connectivity index (χ3v) is 2.20. The number of nitrogens with one attached hydrogen (secondary N) is 1. The van der Waals surface area contributed by atoms with Gasteiger partial charge in [0.15, 0.2) is 0 Å². The second-order valence-electron chi connectivity index (χ2n) is 5.07. The van der Waals surface area contributed by atoms with Gasteiger partial charge in [0.1, 0.15) is 0 Å². The van der Waals surface area contributed by atoms with Gasteiger partial charge >= 0.3 is 0 Å². The lowest BCUT2D eigenvalue weighted by Gasteiger charge is -2.25. The molecule has 5 heteroatoms. The van der Waals surface area contributed by atoms with Crippen LogP contribution in [0.1, 0.15) is 27.7 Å². The normalized spacial score (nSPS) is 14.3. The molecule has 0 radical (unpaired) electrons. The first kappa shape index (κ1) is 16.8. The number of aliphatic hydroxyl groups is 2. The quantitative estimate of drug-likeness (QED) is 0.481. The minimum atomic E-state index is -0.570. The summed E-state index contributed by atoms with van der Waals surface area (Å²) in [4.78, 5) is 0. The van der Waals surface area contributed by atoms with Crippen LogP contribution in [0.15, 0.2) is 0 Å². The van der Waals surface area contributed by atoms with E-state index in [0.717, 1.165) is 0 Å². The van der Waals surface area contributed by atoms with Crippen LogP contribution in [0.25, 0.3) is 0 Å². The van der Waals surface area contributed by atoms with Crippen LogP contribution in [-0.4, -0.2) is 60.9 Å². The van der Waals surface area contributed by atoms with Crippen LogP contribution in [-0.2, 0) is 9.47 Å². The van der Waals surface area contributed by atoms with Crippen molar-refractivity contribution in [2.75, 3.05) is 33.0 Å². The molecule has 1 atom stereocenters. The average molecular weight is 249 g/mol. The van der Waals surface area contributed by atoms with E-state index >= 15 is 0 Å². The van der Waals surface area contributed by atoms with Gasteiger partial charge in [-0.2, -0.15) is 0 Å². The zero-order valence-corrected chi connectivity index (χ0v) is 11.4. The van der Waals surface area contributed by atoms with Gasteiger partial charge in [0, 0.05) is 12.1 Å². The highest BCUT2D eigenvalue weighted by atomic mass is 16.5. The van der Waals surface area contributed by atoms with Crippen LogP contribution >= 0.6 is 0 Å². The molecule has 0 aromatic rings. The lowest BCUT2D eigenvalue weighted by atomic mass is 10.1. The molecule has 104 valence electrons. The summed E-state index contributed by atoms with van der Waals surface area (Å²) >= 11 is 0. The lowest BCUT2D eigenvalue weighted by Crippen LogP contribution is -2.47. The Kier molecular flexibility index (Phi) is 8.72. The van der Waals surface area contributed by atoms with E-state index in [-0.39, 0.29) is 24.9 Å². The molecule has 5 nitrogen and oxygen atoms in total. The third-order valence-electron chi connectivity index (χ3n) is 2.20. The molecule has 0 aliphatic rings. The average Bonchev–Trinajstić information content (AvgIpc) is 2.26. The molecule has 0 amide bonds. The fourth-order valence-electron chi connectivity index (χ4n) is 1.07. The monoisotopic (exact) mass is 249 g/mol. The molecule has 0 aliphatic carbocycles. The second-order valence-corrected chi connectivity index (χ2v) is 5.07. The summed E-state index contributed by atoms with van der Waals surface area (Å²) in [5.41, 5.74) is -0.373. The highest BCUT2D eigenvalue weighted by Gasteiger charge is 2.16. The molecule has 0 saturated heterocycles. The van der Waals surface area contributed by atoms with E-state index in [1.54, 1.807) is 0 Å². The molecule has 0 saturated carbocycles. The van der Waals surface area contributed by atoms with E-state index in [9.17, 15) is 5.11 Å². The highest BCUT2D eigenvalue weighted by Crippen LogP contribution is 1.99. The molecule has 0 bridgehead atoms. The van der Waals surface area contributed by atoms with Crippen LogP contribution in [0.5, 0.6) is 0 Å². The summed E-state index contributed by atoms with van der Waals surface area (Å²) in [7, 11) is 0. The SMILES string of the molecule is CC(C)OCCOCC(O)CNC(C)(C)CO. The number of rotatable bonds is 10. The predicted octanol–water partition coefficient (Wildman–Crippen LogP) is 0.149. The number of ether oxygens (including phenoxy) is 2. The minimum Gasteiger partial charge on any atom is -0.394 e. The Morgan fingerprint density at radius 1 is 1.24 bits per heavy atom. The number of β-amino-alcohol motifs (C(OH)–C–C–N with tert-alkyl or cyclic N) is 1. The second kappa shape index (κ2) is 8.83. The number of hydrogen-bond donors (Lipinski definition) is 3. The molecule has 0 spiro atoms.